The third-order valence-electron chi connectivity index (χ3n) is 5.15. The number of benzene rings is 1. The number of aliphatic hydroxyl groups is 1. The maximum absolute atomic E-state index is 11.8. The van der Waals surface area contributed by atoms with Gasteiger partial charge in [0.1, 0.15) is 0 Å². The van der Waals surface area contributed by atoms with Crippen molar-refractivity contribution in [3.8, 4) is 0 Å². The maximum Gasteiger partial charge on any atom is 0.229 e. The van der Waals surface area contributed by atoms with E-state index in [9.17, 15) is 14.7 Å². The fourth-order valence-corrected chi connectivity index (χ4v) is 3.91. The first-order valence-electron chi connectivity index (χ1n) is 8.96. The number of carbonyl (C=O) groups excluding carboxylic acids is 2. The van der Waals surface area contributed by atoms with Gasteiger partial charge in [0, 0.05) is 45.1 Å². The summed E-state index contributed by atoms with van der Waals surface area (Å²) < 4.78 is 0. The second-order valence-electron chi connectivity index (χ2n) is 6.66. The van der Waals surface area contributed by atoms with Gasteiger partial charge in [-0.15, -0.1) is 0 Å². The van der Waals surface area contributed by atoms with Gasteiger partial charge in [-0.25, -0.2) is 0 Å². The Balaban J connectivity index is 1.72. The predicted octanol–water partition coefficient (Wildman–Crippen LogP) is 1.90. The fourth-order valence-electron chi connectivity index (χ4n) is 3.91. The van der Waals surface area contributed by atoms with Crippen LogP contribution in [0.1, 0.15) is 49.3 Å². The molecule has 0 saturated carbocycles. The zero-order valence-electron chi connectivity index (χ0n) is 14.1. The van der Waals surface area contributed by atoms with E-state index in [0.29, 0.717) is 38.4 Å². The van der Waals surface area contributed by atoms with Crippen molar-refractivity contribution in [3.05, 3.63) is 35.4 Å². The molecule has 130 valence electrons. The number of fused-ring (bicyclic) bond motifs is 1. The minimum Gasteiger partial charge on any atom is -0.396 e. The normalized spacial score (nSPS) is 20.8. The molecule has 1 aromatic rings. The van der Waals surface area contributed by atoms with Gasteiger partial charge in [-0.2, -0.15) is 0 Å². The number of carbonyl (C=O) groups is 2. The Labute approximate surface area is 143 Å². The van der Waals surface area contributed by atoms with Crippen LogP contribution in [0.25, 0.3) is 0 Å². The molecule has 0 bridgehead atoms. The molecule has 1 heterocycles. The summed E-state index contributed by atoms with van der Waals surface area (Å²) in [5.41, 5.74) is 2.76. The molecule has 0 aromatic heterocycles. The lowest BCUT2D eigenvalue weighted by molar-refractivity contribution is -0.138. The van der Waals surface area contributed by atoms with Crippen LogP contribution >= 0.6 is 0 Å². The number of aliphatic hydroxyl groups excluding tert-OH is 1. The largest absolute Gasteiger partial charge is 0.396 e. The SMILES string of the molecule is O=C1CCC(=O)N1CCN(CCCO)C1CCCc2ccccc21. The van der Waals surface area contributed by atoms with E-state index in [0.717, 1.165) is 25.8 Å². The average Bonchev–Trinajstić information content (AvgIpc) is 2.93. The van der Waals surface area contributed by atoms with Crippen LogP contribution < -0.4 is 0 Å². The van der Waals surface area contributed by atoms with Crippen molar-refractivity contribution in [2.24, 2.45) is 0 Å². The van der Waals surface area contributed by atoms with Crippen LogP contribution in [-0.4, -0.2) is 53.0 Å². The highest BCUT2D eigenvalue weighted by atomic mass is 16.3. The molecule has 1 N–H and O–H groups in total. The lowest BCUT2D eigenvalue weighted by atomic mass is 9.86. The lowest BCUT2D eigenvalue weighted by Crippen LogP contribution is -2.41. The van der Waals surface area contributed by atoms with E-state index < -0.39 is 0 Å². The van der Waals surface area contributed by atoms with E-state index in [2.05, 4.69) is 29.2 Å². The Kier molecular flexibility index (Phi) is 5.63. The molecule has 5 nitrogen and oxygen atoms in total. The molecule has 0 spiro atoms. The number of hydrogen-bond acceptors (Lipinski definition) is 4. The van der Waals surface area contributed by atoms with E-state index in [1.807, 2.05) is 0 Å². The second kappa shape index (κ2) is 7.90. The topological polar surface area (TPSA) is 60.9 Å². The van der Waals surface area contributed by atoms with E-state index in [-0.39, 0.29) is 18.4 Å². The second-order valence-corrected chi connectivity index (χ2v) is 6.66. The summed E-state index contributed by atoms with van der Waals surface area (Å²) >= 11 is 0. The summed E-state index contributed by atoms with van der Waals surface area (Å²) in [7, 11) is 0. The number of hydrogen-bond donors (Lipinski definition) is 1. The van der Waals surface area contributed by atoms with Crippen molar-refractivity contribution in [2.75, 3.05) is 26.2 Å². The third kappa shape index (κ3) is 3.68. The molecule has 24 heavy (non-hydrogen) atoms. The van der Waals surface area contributed by atoms with Crippen molar-refractivity contribution in [3.63, 3.8) is 0 Å². The van der Waals surface area contributed by atoms with E-state index in [1.165, 1.54) is 16.0 Å². The predicted molar refractivity (Wildman–Crippen MR) is 91.4 cm³/mol. The zero-order valence-corrected chi connectivity index (χ0v) is 14.1. The molecule has 1 fully saturated rings. The maximum atomic E-state index is 11.8. The van der Waals surface area contributed by atoms with Crippen LogP contribution in [0.15, 0.2) is 24.3 Å². The van der Waals surface area contributed by atoms with Crippen LogP contribution in [-0.2, 0) is 16.0 Å². The first-order valence-corrected chi connectivity index (χ1v) is 8.96. The molecule has 1 aliphatic carbocycles. The zero-order chi connectivity index (χ0) is 16.9. The Morgan fingerprint density at radius 1 is 1.08 bits per heavy atom. The molecule has 3 rings (SSSR count). The Morgan fingerprint density at radius 2 is 1.83 bits per heavy atom. The van der Waals surface area contributed by atoms with Crippen molar-refractivity contribution in [1.82, 2.24) is 9.80 Å². The summed E-state index contributed by atoms with van der Waals surface area (Å²) in [5.74, 6) is -0.0997. The Hall–Kier alpha value is -1.72. The fraction of sp³-hybridized carbons (Fsp3) is 0.579. The van der Waals surface area contributed by atoms with Gasteiger partial charge < -0.3 is 5.11 Å². The van der Waals surface area contributed by atoms with Crippen LogP contribution in [0, 0.1) is 0 Å². The quantitative estimate of drug-likeness (QED) is 0.776. The van der Waals surface area contributed by atoms with Crippen LogP contribution in [0.3, 0.4) is 0 Å². The van der Waals surface area contributed by atoms with Crippen molar-refractivity contribution < 1.29 is 14.7 Å². The molecule has 0 radical (unpaired) electrons. The average molecular weight is 330 g/mol. The minimum absolute atomic E-state index is 0.0499. The number of nitrogens with zero attached hydrogens (tertiary/aromatic N) is 2. The van der Waals surface area contributed by atoms with Crippen LogP contribution in [0.2, 0.25) is 0 Å². The molecule has 1 aromatic carbocycles. The first-order chi connectivity index (χ1) is 11.7. The standard InChI is InChI=1S/C19H26N2O3/c22-14-4-11-20(12-13-21-18(23)9-10-19(21)24)17-8-3-6-15-5-1-2-7-16(15)17/h1-2,5,7,17,22H,3-4,6,8-14H2. The molecular weight excluding hydrogens is 304 g/mol. The lowest BCUT2D eigenvalue weighted by Gasteiger charge is -2.36. The van der Waals surface area contributed by atoms with Gasteiger partial charge in [0.15, 0.2) is 0 Å². The number of aryl methyl sites for hydroxylation is 1. The molecular formula is C19H26N2O3. The van der Waals surface area contributed by atoms with Gasteiger partial charge in [-0.05, 0) is 36.8 Å². The summed E-state index contributed by atoms with van der Waals surface area (Å²) in [4.78, 5) is 27.4. The van der Waals surface area contributed by atoms with E-state index in [1.54, 1.807) is 0 Å². The number of rotatable bonds is 7. The van der Waals surface area contributed by atoms with E-state index >= 15 is 0 Å². The molecule has 1 aliphatic heterocycles. The molecule has 2 aliphatic rings. The van der Waals surface area contributed by atoms with Crippen molar-refractivity contribution >= 4 is 11.8 Å². The third-order valence-corrected chi connectivity index (χ3v) is 5.15. The van der Waals surface area contributed by atoms with Crippen LogP contribution in [0.5, 0.6) is 0 Å². The van der Waals surface area contributed by atoms with Gasteiger partial charge in [-0.3, -0.25) is 19.4 Å². The van der Waals surface area contributed by atoms with Gasteiger partial charge in [-0.1, -0.05) is 24.3 Å². The minimum atomic E-state index is -0.0499. The molecule has 2 amide bonds. The molecule has 1 atom stereocenters. The summed E-state index contributed by atoms with van der Waals surface area (Å²) in [6, 6.07) is 8.86. The molecule has 1 saturated heterocycles. The monoisotopic (exact) mass is 330 g/mol. The van der Waals surface area contributed by atoms with E-state index in [4.69, 9.17) is 0 Å². The van der Waals surface area contributed by atoms with Crippen LogP contribution in [0.4, 0.5) is 0 Å². The van der Waals surface area contributed by atoms with Gasteiger partial charge in [0.25, 0.3) is 0 Å². The smallest absolute Gasteiger partial charge is 0.229 e. The van der Waals surface area contributed by atoms with Gasteiger partial charge in [0.2, 0.25) is 11.8 Å². The van der Waals surface area contributed by atoms with Gasteiger partial charge in [0.05, 0.1) is 0 Å². The summed E-state index contributed by atoms with van der Waals surface area (Å²) in [6.45, 7) is 2.08. The Morgan fingerprint density at radius 3 is 2.58 bits per heavy atom. The highest BCUT2D eigenvalue weighted by Crippen LogP contribution is 2.34. The summed E-state index contributed by atoms with van der Waals surface area (Å²) in [5, 5.41) is 9.23. The van der Waals surface area contributed by atoms with Crippen molar-refractivity contribution in [1.29, 1.82) is 0 Å². The summed E-state index contributed by atoms with van der Waals surface area (Å²) in [6.07, 6.45) is 4.76. The number of amides is 2. The molecule has 1 unspecified atom stereocenters. The van der Waals surface area contributed by atoms with Crippen molar-refractivity contribution in [2.45, 2.75) is 44.6 Å². The number of likely N-dealkylation sites (tertiary alicyclic amines) is 1. The highest BCUT2D eigenvalue weighted by Gasteiger charge is 2.31. The first kappa shape index (κ1) is 17.1. The Bertz CT molecular complexity index is 586. The van der Waals surface area contributed by atoms with Gasteiger partial charge >= 0.3 is 0 Å². The molecule has 5 heteroatoms. The number of imide groups is 1. The highest BCUT2D eigenvalue weighted by molar-refractivity contribution is 6.01.